The van der Waals surface area contributed by atoms with Gasteiger partial charge in [-0.1, -0.05) is 29.3 Å². The highest BCUT2D eigenvalue weighted by molar-refractivity contribution is 6.42. The van der Waals surface area contributed by atoms with Crippen molar-refractivity contribution < 1.29 is 19.1 Å². The van der Waals surface area contributed by atoms with Crippen molar-refractivity contribution >= 4 is 35.1 Å². The molecule has 0 unspecified atom stereocenters. The highest BCUT2D eigenvalue weighted by Crippen LogP contribution is 2.25. The van der Waals surface area contributed by atoms with Gasteiger partial charge in [-0.25, -0.2) is 4.79 Å². The van der Waals surface area contributed by atoms with Gasteiger partial charge in [-0.15, -0.1) is 0 Å². The Labute approximate surface area is 148 Å². The third-order valence-corrected chi connectivity index (χ3v) is 3.93. The fourth-order valence-corrected chi connectivity index (χ4v) is 2.22. The maximum Gasteiger partial charge on any atom is 0.339 e. The molecule has 0 bridgehead atoms. The van der Waals surface area contributed by atoms with Crippen molar-refractivity contribution in [3.05, 3.63) is 69.1 Å². The van der Waals surface area contributed by atoms with Gasteiger partial charge >= 0.3 is 5.97 Å². The van der Waals surface area contributed by atoms with Gasteiger partial charge in [0.05, 0.1) is 21.7 Å². The molecule has 0 spiro atoms. The number of benzene rings is 1. The second-order valence-electron chi connectivity index (χ2n) is 4.99. The zero-order valence-electron chi connectivity index (χ0n) is 12.7. The lowest BCUT2D eigenvalue weighted by molar-refractivity contribution is -0.605. The van der Waals surface area contributed by atoms with Crippen LogP contribution in [0.25, 0.3) is 0 Å². The van der Waals surface area contributed by atoms with E-state index in [1.165, 1.54) is 24.5 Å². The number of carbonyl (C=O) groups excluding carboxylic acids is 2. The van der Waals surface area contributed by atoms with E-state index in [0.29, 0.717) is 14.8 Å². The lowest BCUT2D eigenvalue weighted by Crippen LogP contribution is -2.31. The van der Waals surface area contributed by atoms with Crippen molar-refractivity contribution in [3.8, 4) is 0 Å². The van der Waals surface area contributed by atoms with E-state index in [1.807, 2.05) is 0 Å². The van der Waals surface area contributed by atoms with Crippen molar-refractivity contribution in [2.24, 2.45) is 0 Å². The minimum Gasteiger partial charge on any atom is -0.619 e. The molecule has 1 atom stereocenters. The first-order valence-electron chi connectivity index (χ1n) is 6.97. The summed E-state index contributed by atoms with van der Waals surface area (Å²) >= 11 is 11.8. The number of hydrogen-bond donors (Lipinski definition) is 1. The van der Waals surface area contributed by atoms with Crippen LogP contribution < -0.4 is 10.0 Å². The molecular weight excluding hydrogens is 355 g/mol. The van der Waals surface area contributed by atoms with Crippen molar-refractivity contribution in [2.75, 3.05) is 6.61 Å². The first kappa shape index (κ1) is 18.0. The molecule has 1 heterocycles. The van der Waals surface area contributed by atoms with Gasteiger partial charge in [0.1, 0.15) is 0 Å². The molecule has 0 saturated heterocycles. The van der Waals surface area contributed by atoms with E-state index in [2.05, 4.69) is 5.32 Å². The summed E-state index contributed by atoms with van der Waals surface area (Å²) in [6.07, 6.45) is 2.34. The van der Waals surface area contributed by atoms with Gasteiger partial charge in [0.2, 0.25) is 0 Å². The number of pyridine rings is 1. The summed E-state index contributed by atoms with van der Waals surface area (Å²) in [6, 6.07) is 7.33. The van der Waals surface area contributed by atoms with E-state index in [0.717, 1.165) is 5.56 Å². The SMILES string of the molecule is C[C@@H](NC(=O)COC(=O)c1cc[n+]([O-])cc1)c1ccc(Cl)c(Cl)c1. The number of nitrogens with one attached hydrogen (secondary N) is 1. The summed E-state index contributed by atoms with van der Waals surface area (Å²) in [5, 5.41) is 14.4. The zero-order chi connectivity index (χ0) is 17.7. The van der Waals surface area contributed by atoms with Gasteiger partial charge in [-0.05, 0) is 24.6 Å². The van der Waals surface area contributed by atoms with Crippen LogP contribution in [0.1, 0.15) is 28.9 Å². The molecule has 1 amide bonds. The van der Waals surface area contributed by atoms with Crippen molar-refractivity contribution in [1.82, 2.24) is 5.32 Å². The normalized spacial score (nSPS) is 11.6. The predicted octanol–water partition coefficient (Wildman–Crippen LogP) is 2.66. The molecule has 1 aromatic heterocycles. The number of nitrogens with zero attached hydrogens (tertiary/aromatic N) is 1. The summed E-state index contributed by atoms with van der Waals surface area (Å²) in [5.41, 5.74) is 0.958. The predicted molar refractivity (Wildman–Crippen MR) is 88.7 cm³/mol. The Morgan fingerprint density at radius 3 is 2.50 bits per heavy atom. The first-order valence-corrected chi connectivity index (χ1v) is 7.72. The van der Waals surface area contributed by atoms with E-state index in [-0.39, 0.29) is 11.6 Å². The lowest BCUT2D eigenvalue weighted by Gasteiger charge is -2.15. The van der Waals surface area contributed by atoms with Crippen molar-refractivity contribution in [1.29, 1.82) is 0 Å². The van der Waals surface area contributed by atoms with Gasteiger partial charge in [-0.2, -0.15) is 4.73 Å². The molecule has 24 heavy (non-hydrogen) atoms. The quantitative estimate of drug-likeness (QED) is 0.499. The standard InChI is InChI=1S/C16H14Cl2N2O4/c1-10(12-2-3-13(17)14(18)8-12)19-15(21)9-24-16(22)11-4-6-20(23)7-5-11/h2-8,10H,9H2,1H3,(H,19,21)/t10-/m1/s1. The molecule has 8 heteroatoms. The van der Waals surface area contributed by atoms with Gasteiger partial charge in [0.25, 0.3) is 5.91 Å². The average molecular weight is 369 g/mol. The molecule has 0 aliphatic heterocycles. The number of ether oxygens (including phenoxy) is 1. The van der Waals surface area contributed by atoms with Crippen LogP contribution >= 0.6 is 23.2 Å². The number of hydrogen-bond acceptors (Lipinski definition) is 4. The molecule has 0 radical (unpaired) electrons. The highest BCUT2D eigenvalue weighted by Gasteiger charge is 2.14. The summed E-state index contributed by atoms with van der Waals surface area (Å²) < 4.78 is 5.44. The first-order chi connectivity index (χ1) is 11.4. The van der Waals surface area contributed by atoms with E-state index in [4.69, 9.17) is 27.9 Å². The monoisotopic (exact) mass is 368 g/mol. The summed E-state index contributed by atoms with van der Waals surface area (Å²) in [6.45, 7) is 1.33. The Kier molecular flexibility index (Phi) is 6.00. The van der Waals surface area contributed by atoms with Crippen LogP contribution in [0, 0.1) is 5.21 Å². The van der Waals surface area contributed by atoms with E-state index in [9.17, 15) is 14.8 Å². The Hall–Kier alpha value is -2.31. The number of carbonyl (C=O) groups is 2. The van der Waals surface area contributed by atoms with Crippen LogP contribution in [0.15, 0.2) is 42.7 Å². The summed E-state index contributed by atoms with van der Waals surface area (Å²) in [7, 11) is 0. The third-order valence-electron chi connectivity index (χ3n) is 3.19. The second kappa shape index (κ2) is 7.99. The van der Waals surface area contributed by atoms with Crippen molar-refractivity contribution in [2.45, 2.75) is 13.0 Å². The van der Waals surface area contributed by atoms with E-state index >= 15 is 0 Å². The minimum atomic E-state index is -0.687. The van der Waals surface area contributed by atoms with E-state index < -0.39 is 18.5 Å². The summed E-state index contributed by atoms with van der Waals surface area (Å²) in [5.74, 6) is -1.15. The van der Waals surface area contributed by atoms with Gasteiger partial charge < -0.3 is 15.3 Å². The Balaban J connectivity index is 1.87. The third kappa shape index (κ3) is 4.84. The van der Waals surface area contributed by atoms with Gasteiger partial charge in [-0.3, -0.25) is 4.79 Å². The molecule has 0 aliphatic rings. The smallest absolute Gasteiger partial charge is 0.339 e. The summed E-state index contributed by atoms with van der Waals surface area (Å²) in [4.78, 5) is 23.6. The Bertz CT molecular complexity index is 750. The zero-order valence-corrected chi connectivity index (χ0v) is 14.2. The number of rotatable bonds is 5. The molecule has 6 nitrogen and oxygen atoms in total. The maximum absolute atomic E-state index is 11.9. The Morgan fingerprint density at radius 1 is 1.21 bits per heavy atom. The molecule has 0 saturated carbocycles. The van der Waals surface area contributed by atoms with Gasteiger partial charge in [0, 0.05) is 12.1 Å². The molecule has 126 valence electrons. The topological polar surface area (TPSA) is 82.3 Å². The van der Waals surface area contributed by atoms with Crippen LogP contribution in [0.2, 0.25) is 10.0 Å². The number of esters is 1. The van der Waals surface area contributed by atoms with Crippen LogP contribution in [0.5, 0.6) is 0 Å². The average Bonchev–Trinajstić information content (AvgIpc) is 2.55. The van der Waals surface area contributed by atoms with E-state index in [1.54, 1.807) is 25.1 Å². The lowest BCUT2D eigenvalue weighted by atomic mass is 10.1. The number of aromatic nitrogens is 1. The van der Waals surface area contributed by atoms with Gasteiger partial charge in [0.15, 0.2) is 19.0 Å². The molecular formula is C16H14Cl2N2O4. The van der Waals surface area contributed by atoms with Crippen molar-refractivity contribution in [3.63, 3.8) is 0 Å². The number of amides is 1. The molecule has 0 fully saturated rings. The van der Waals surface area contributed by atoms with Crippen LogP contribution in [0.4, 0.5) is 0 Å². The number of halogens is 2. The molecule has 2 aromatic rings. The highest BCUT2D eigenvalue weighted by atomic mass is 35.5. The Morgan fingerprint density at radius 2 is 1.88 bits per heavy atom. The largest absolute Gasteiger partial charge is 0.619 e. The van der Waals surface area contributed by atoms with Crippen LogP contribution in [0.3, 0.4) is 0 Å². The molecule has 0 aliphatic carbocycles. The minimum absolute atomic E-state index is 0.187. The van der Waals surface area contributed by atoms with Crippen LogP contribution in [-0.2, 0) is 9.53 Å². The maximum atomic E-state index is 11.9. The fourth-order valence-electron chi connectivity index (χ4n) is 1.91. The molecule has 1 N–H and O–H groups in total. The second-order valence-corrected chi connectivity index (χ2v) is 5.80. The molecule has 1 aromatic carbocycles. The van der Waals surface area contributed by atoms with Crippen LogP contribution in [-0.4, -0.2) is 18.5 Å². The fraction of sp³-hybridized carbons (Fsp3) is 0.188. The molecule has 2 rings (SSSR count).